The highest BCUT2D eigenvalue weighted by Crippen LogP contribution is 2.44. The Bertz CT molecular complexity index is 992. The number of hydrogen-bond donors (Lipinski definition) is 2. The summed E-state index contributed by atoms with van der Waals surface area (Å²) >= 11 is 0. The molecule has 3 rings (SSSR count). The van der Waals surface area contributed by atoms with E-state index in [9.17, 15) is 27.2 Å². The van der Waals surface area contributed by atoms with Gasteiger partial charge in [0, 0.05) is 19.1 Å². The van der Waals surface area contributed by atoms with E-state index in [1.54, 1.807) is 0 Å². The van der Waals surface area contributed by atoms with Gasteiger partial charge in [0.05, 0.1) is 12.6 Å². The number of aromatic nitrogens is 2. The van der Waals surface area contributed by atoms with Crippen LogP contribution in [0.3, 0.4) is 0 Å². The molecule has 30 heavy (non-hydrogen) atoms. The molecule has 2 unspecified atom stereocenters. The molecular formula is C19H19F4N3O4. The molecule has 11 heteroatoms. The number of hydrogen-bond acceptors (Lipinski definition) is 5. The molecule has 1 aliphatic carbocycles. The summed E-state index contributed by atoms with van der Waals surface area (Å²) in [7, 11) is 1.34. The van der Waals surface area contributed by atoms with Gasteiger partial charge < -0.3 is 19.8 Å². The number of halogens is 4. The smallest absolute Gasteiger partial charge is 0.403 e. The summed E-state index contributed by atoms with van der Waals surface area (Å²) in [5, 5.41) is 2.56. The molecule has 1 amide bonds. The van der Waals surface area contributed by atoms with Gasteiger partial charge in [-0.2, -0.15) is 0 Å². The van der Waals surface area contributed by atoms with Gasteiger partial charge in [0.1, 0.15) is 11.5 Å². The Hall–Kier alpha value is -2.95. The standard InChI is InChI=1S/C19H19F4N3O4/c1-9-5-11(9)17-24-13(7-16(27)26-17)18(28)25-14(8-29-2)10-3-4-15(12(20)6-10)30-19(21,22)23/h3-4,6-7,9,11,14H,5,8H2,1-2H3,(H,25,28)(H,24,26,27)/t9?,11?,14-/m1/s1. The van der Waals surface area contributed by atoms with Crippen molar-refractivity contribution in [1.29, 1.82) is 0 Å². The van der Waals surface area contributed by atoms with Crippen LogP contribution in [0.25, 0.3) is 0 Å². The van der Waals surface area contributed by atoms with E-state index in [2.05, 4.69) is 20.0 Å². The number of carbonyl (C=O) groups is 1. The monoisotopic (exact) mass is 429 g/mol. The molecule has 0 spiro atoms. The number of methoxy groups -OCH3 is 1. The van der Waals surface area contributed by atoms with Crippen LogP contribution >= 0.6 is 0 Å². The highest BCUT2D eigenvalue weighted by Gasteiger charge is 2.37. The Morgan fingerprint density at radius 1 is 1.37 bits per heavy atom. The Morgan fingerprint density at radius 3 is 2.63 bits per heavy atom. The van der Waals surface area contributed by atoms with Crippen molar-refractivity contribution in [3.05, 3.63) is 57.5 Å². The molecule has 2 N–H and O–H groups in total. The molecule has 1 aromatic carbocycles. The number of benzene rings is 1. The second-order valence-electron chi connectivity index (χ2n) is 7.05. The van der Waals surface area contributed by atoms with E-state index in [1.807, 2.05) is 6.92 Å². The molecule has 1 aliphatic rings. The molecular weight excluding hydrogens is 410 g/mol. The van der Waals surface area contributed by atoms with Crippen LogP contribution in [0.2, 0.25) is 0 Å². The maximum absolute atomic E-state index is 14.0. The summed E-state index contributed by atoms with van der Waals surface area (Å²) in [6, 6.07) is 2.94. The molecule has 7 nitrogen and oxygen atoms in total. The number of rotatable bonds is 7. The molecule has 0 saturated heterocycles. The fraction of sp³-hybridized carbons (Fsp3) is 0.421. The molecule has 1 fully saturated rings. The van der Waals surface area contributed by atoms with Gasteiger partial charge >= 0.3 is 6.36 Å². The number of amides is 1. The third-order valence-electron chi connectivity index (χ3n) is 4.68. The highest BCUT2D eigenvalue weighted by atomic mass is 19.4. The van der Waals surface area contributed by atoms with E-state index >= 15 is 0 Å². The Morgan fingerprint density at radius 2 is 2.07 bits per heavy atom. The van der Waals surface area contributed by atoms with Crippen molar-refractivity contribution in [3.8, 4) is 5.75 Å². The zero-order valence-electron chi connectivity index (χ0n) is 16.0. The minimum absolute atomic E-state index is 0.0792. The average molecular weight is 429 g/mol. The van der Waals surface area contributed by atoms with Crippen LogP contribution in [-0.2, 0) is 4.74 Å². The van der Waals surface area contributed by atoms with E-state index in [0.717, 1.165) is 24.6 Å². The maximum Gasteiger partial charge on any atom is 0.573 e. The van der Waals surface area contributed by atoms with E-state index in [1.165, 1.54) is 13.2 Å². The highest BCUT2D eigenvalue weighted by molar-refractivity contribution is 5.92. The molecule has 3 atom stereocenters. The van der Waals surface area contributed by atoms with Crippen LogP contribution in [0.5, 0.6) is 5.75 Å². The van der Waals surface area contributed by atoms with Crippen molar-refractivity contribution >= 4 is 5.91 Å². The van der Waals surface area contributed by atoms with Crippen LogP contribution in [-0.4, -0.2) is 36.0 Å². The van der Waals surface area contributed by atoms with E-state index in [-0.39, 0.29) is 23.8 Å². The lowest BCUT2D eigenvalue weighted by molar-refractivity contribution is -0.275. The van der Waals surface area contributed by atoms with Crippen LogP contribution in [0, 0.1) is 11.7 Å². The number of H-pyrrole nitrogens is 1. The SMILES string of the molecule is COC[C@@H](NC(=O)c1cc(=O)[nH]c(C2CC2C)n1)c1ccc(OC(F)(F)F)c(F)c1. The first-order valence-corrected chi connectivity index (χ1v) is 9.03. The summed E-state index contributed by atoms with van der Waals surface area (Å²) < 4.78 is 59.6. The Labute approximate surface area is 168 Å². The van der Waals surface area contributed by atoms with Crippen molar-refractivity contribution in [1.82, 2.24) is 15.3 Å². The quantitative estimate of drug-likeness (QED) is 0.660. The zero-order valence-corrected chi connectivity index (χ0v) is 16.0. The van der Waals surface area contributed by atoms with E-state index < -0.39 is 35.4 Å². The molecule has 162 valence electrons. The summed E-state index contributed by atoms with van der Waals surface area (Å²) in [6.07, 6.45) is -4.18. The Balaban J connectivity index is 1.80. The topological polar surface area (TPSA) is 93.3 Å². The van der Waals surface area contributed by atoms with Crippen molar-refractivity contribution < 1.29 is 31.8 Å². The number of ether oxygens (including phenoxy) is 2. The fourth-order valence-corrected chi connectivity index (χ4v) is 3.03. The lowest BCUT2D eigenvalue weighted by atomic mass is 10.1. The third kappa shape index (κ3) is 5.35. The number of alkyl halides is 3. The molecule has 1 saturated carbocycles. The Kier molecular flexibility index (Phi) is 6.11. The molecule has 0 bridgehead atoms. The van der Waals surface area contributed by atoms with Gasteiger partial charge in [-0.15, -0.1) is 13.2 Å². The zero-order chi connectivity index (χ0) is 22.1. The molecule has 1 aromatic heterocycles. The van der Waals surface area contributed by atoms with Crippen LogP contribution in [0.15, 0.2) is 29.1 Å². The third-order valence-corrected chi connectivity index (χ3v) is 4.68. The normalized spacial score (nSPS) is 19.3. The molecule has 0 radical (unpaired) electrons. The van der Waals surface area contributed by atoms with Crippen molar-refractivity contribution in [2.24, 2.45) is 5.92 Å². The number of carbonyl (C=O) groups excluding carboxylic acids is 1. The average Bonchev–Trinajstić information content (AvgIpc) is 3.38. The van der Waals surface area contributed by atoms with Crippen molar-refractivity contribution in [2.45, 2.75) is 31.7 Å². The summed E-state index contributed by atoms with van der Waals surface area (Å²) in [5.41, 5.74) is -0.447. The molecule has 0 aliphatic heterocycles. The number of aromatic amines is 1. The van der Waals surface area contributed by atoms with Crippen molar-refractivity contribution in [2.75, 3.05) is 13.7 Å². The van der Waals surface area contributed by atoms with Gasteiger partial charge in [-0.05, 0) is 30.0 Å². The van der Waals surface area contributed by atoms with Crippen LogP contribution in [0.1, 0.15) is 47.2 Å². The second-order valence-corrected chi connectivity index (χ2v) is 7.05. The fourth-order valence-electron chi connectivity index (χ4n) is 3.03. The van der Waals surface area contributed by atoms with Gasteiger partial charge in [0.2, 0.25) is 0 Å². The van der Waals surface area contributed by atoms with E-state index in [0.29, 0.717) is 11.7 Å². The minimum Gasteiger partial charge on any atom is -0.403 e. The van der Waals surface area contributed by atoms with Crippen LogP contribution in [0.4, 0.5) is 17.6 Å². The summed E-state index contributed by atoms with van der Waals surface area (Å²) in [5.74, 6) is -2.09. The summed E-state index contributed by atoms with van der Waals surface area (Å²) in [4.78, 5) is 31.3. The maximum atomic E-state index is 14.0. The number of nitrogens with one attached hydrogen (secondary N) is 2. The largest absolute Gasteiger partial charge is 0.573 e. The first kappa shape index (κ1) is 21.8. The second kappa shape index (κ2) is 8.42. The van der Waals surface area contributed by atoms with Gasteiger partial charge in [0.25, 0.3) is 11.5 Å². The van der Waals surface area contributed by atoms with E-state index in [4.69, 9.17) is 4.74 Å². The molecule has 1 heterocycles. The molecule has 2 aromatic rings. The lowest BCUT2D eigenvalue weighted by Crippen LogP contribution is -2.33. The first-order valence-electron chi connectivity index (χ1n) is 9.03. The first-order chi connectivity index (χ1) is 14.1. The lowest BCUT2D eigenvalue weighted by Gasteiger charge is -2.19. The predicted molar refractivity (Wildman–Crippen MR) is 96.5 cm³/mol. The predicted octanol–water partition coefficient (Wildman–Crippen LogP) is 3.05. The number of nitrogens with zero attached hydrogens (tertiary/aromatic N) is 1. The van der Waals surface area contributed by atoms with Gasteiger partial charge in [-0.3, -0.25) is 9.59 Å². The minimum atomic E-state index is -5.04. The van der Waals surface area contributed by atoms with Gasteiger partial charge in [-0.1, -0.05) is 13.0 Å². The van der Waals surface area contributed by atoms with Gasteiger partial charge in [0.15, 0.2) is 11.6 Å². The van der Waals surface area contributed by atoms with Crippen molar-refractivity contribution in [3.63, 3.8) is 0 Å². The van der Waals surface area contributed by atoms with Crippen LogP contribution < -0.4 is 15.6 Å². The summed E-state index contributed by atoms with van der Waals surface area (Å²) in [6.45, 7) is 1.90. The van der Waals surface area contributed by atoms with Gasteiger partial charge in [-0.25, -0.2) is 9.37 Å².